The molecular formula is C6H12O3. The standard InChI is InChI=1S/C6H12O3/c1-3-8-6(5-7)9-4-2/h5-6H,3-4H2,1-2H3. The lowest BCUT2D eigenvalue weighted by atomic mass is 10.7. The predicted molar refractivity (Wildman–Crippen MR) is 33.1 cm³/mol. The van der Waals surface area contributed by atoms with Gasteiger partial charge in [-0.3, -0.25) is 4.79 Å². The van der Waals surface area contributed by atoms with E-state index in [1.807, 2.05) is 13.8 Å². The molecule has 0 fully saturated rings. The molecule has 9 heavy (non-hydrogen) atoms. The summed E-state index contributed by atoms with van der Waals surface area (Å²) in [6.07, 6.45) is -0.0208. The van der Waals surface area contributed by atoms with Crippen LogP contribution in [-0.4, -0.2) is 25.8 Å². The lowest BCUT2D eigenvalue weighted by molar-refractivity contribution is -0.155. The molecule has 0 aliphatic carbocycles. The summed E-state index contributed by atoms with van der Waals surface area (Å²) in [5, 5.41) is 0. The Balaban J connectivity index is 3.29. The van der Waals surface area contributed by atoms with E-state index in [1.165, 1.54) is 0 Å². The molecule has 0 bridgehead atoms. The highest BCUT2D eigenvalue weighted by Gasteiger charge is 2.02. The Labute approximate surface area is 55.0 Å². The fourth-order valence-corrected chi connectivity index (χ4v) is 0.455. The molecule has 54 valence electrons. The predicted octanol–water partition coefficient (Wildman–Crippen LogP) is 0.584. The van der Waals surface area contributed by atoms with Gasteiger partial charge in [0.15, 0.2) is 6.29 Å². The van der Waals surface area contributed by atoms with Crippen molar-refractivity contribution in [2.75, 3.05) is 13.2 Å². The average molecular weight is 132 g/mol. The van der Waals surface area contributed by atoms with Gasteiger partial charge in [0.25, 0.3) is 0 Å². The normalized spacial score (nSPS) is 10.1. The molecule has 0 rings (SSSR count). The number of rotatable bonds is 5. The SMILES string of the molecule is CCOC(C=O)OCC. The molecule has 0 aromatic heterocycles. The number of carbonyl (C=O) groups is 1. The molecule has 3 heteroatoms. The summed E-state index contributed by atoms with van der Waals surface area (Å²) in [6.45, 7) is 4.64. The van der Waals surface area contributed by atoms with Gasteiger partial charge in [0.2, 0.25) is 6.29 Å². The minimum Gasteiger partial charge on any atom is -0.347 e. The van der Waals surface area contributed by atoms with E-state index in [1.54, 1.807) is 0 Å². The summed E-state index contributed by atoms with van der Waals surface area (Å²) in [5.41, 5.74) is 0. The summed E-state index contributed by atoms with van der Waals surface area (Å²) < 4.78 is 9.68. The molecule has 0 aliphatic heterocycles. The molecule has 0 aromatic carbocycles. The third-order valence-electron chi connectivity index (χ3n) is 0.773. The van der Waals surface area contributed by atoms with Crippen LogP contribution in [0.4, 0.5) is 0 Å². The van der Waals surface area contributed by atoms with E-state index in [0.29, 0.717) is 19.5 Å². The van der Waals surface area contributed by atoms with Gasteiger partial charge in [0.1, 0.15) is 0 Å². The Kier molecular flexibility index (Phi) is 5.46. The van der Waals surface area contributed by atoms with Crippen LogP contribution in [0.15, 0.2) is 0 Å². The minimum absolute atomic E-state index is 0.503. The maximum absolute atomic E-state index is 10.0. The zero-order chi connectivity index (χ0) is 7.11. The summed E-state index contributed by atoms with van der Waals surface area (Å²) in [4.78, 5) is 10.0. The molecule has 0 radical (unpaired) electrons. The van der Waals surface area contributed by atoms with Crippen molar-refractivity contribution < 1.29 is 14.3 Å². The van der Waals surface area contributed by atoms with Crippen LogP contribution in [0.25, 0.3) is 0 Å². The molecule has 0 spiro atoms. The minimum atomic E-state index is -0.667. The zero-order valence-corrected chi connectivity index (χ0v) is 5.79. The van der Waals surface area contributed by atoms with Gasteiger partial charge in [-0.1, -0.05) is 0 Å². The second-order valence-electron chi connectivity index (χ2n) is 1.42. The van der Waals surface area contributed by atoms with Crippen molar-refractivity contribution in [1.82, 2.24) is 0 Å². The van der Waals surface area contributed by atoms with Crippen LogP contribution < -0.4 is 0 Å². The van der Waals surface area contributed by atoms with E-state index in [0.717, 1.165) is 0 Å². The van der Waals surface area contributed by atoms with Crippen LogP contribution >= 0.6 is 0 Å². The molecule has 0 aliphatic rings. The molecule has 0 aromatic rings. The first-order valence-corrected chi connectivity index (χ1v) is 3.03. The maximum Gasteiger partial charge on any atom is 0.214 e. The van der Waals surface area contributed by atoms with Gasteiger partial charge in [-0.05, 0) is 13.8 Å². The molecule has 0 saturated carbocycles. The lowest BCUT2D eigenvalue weighted by Gasteiger charge is -2.08. The molecule has 0 saturated heterocycles. The van der Waals surface area contributed by atoms with Crippen LogP contribution in [0.5, 0.6) is 0 Å². The van der Waals surface area contributed by atoms with Crippen molar-refractivity contribution in [3.63, 3.8) is 0 Å². The van der Waals surface area contributed by atoms with Crippen LogP contribution in [0, 0.1) is 0 Å². The van der Waals surface area contributed by atoms with Crippen molar-refractivity contribution in [1.29, 1.82) is 0 Å². The monoisotopic (exact) mass is 132 g/mol. The molecule has 0 heterocycles. The van der Waals surface area contributed by atoms with Gasteiger partial charge in [0.05, 0.1) is 0 Å². The molecule has 0 N–H and O–H groups in total. The third-order valence-corrected chi connectivity index (χ3v) is 0.773. The Morgan fingerprint density at radius 3 is 2.00 bits per heavy atom. The first-order valence-electron chi connectivity index (χ1n) is 3.03. The van der Waals surface area contributed by atoms with Gasteiger partial charge in [-0.2, -0.15) is 0 Å². The van der Waals surface area contributed by atoms with E-state index < -0.39 is 6.29 Å². The largest absolute Gasteiger partial charge is 0.347 e. The van der Waals surface area contributed by atoms with E-state index >= 15 is 0 Å². The van der Waals surface area contributed by atoms with Crippen LogP contribution in [0.3, 0.4) is 0 Å². The van der Waals surface area contributed by atoms with Crippen molar-refractivity contribution in [3.05, 3.63) is 0 Å². The average Bonchev–Trinajstić information content (AvgIpc) is 1.88. The second-order valence-corrected chi connectivity index (χ2v) is 1.42. The van der Waals surface area contributed by atoms with Crippen molar-refractivity contribution in [3.8, 4) is 0 Å². The summed E-state index contributed by atoms with van der Waals surface area (Å²) in [6, 6.07) is 0. The fourth-order valence-electron chi connectivity index (χ4n) is 0.455. The zero-order valence-electron chi connectivity index (χ0n) is 5.79. The molecule has 0 unspecified atom stereocenters. The molecule has 0 atom stereocenters. The van der Waals surface area contributed by atoms with E-state index in [-0.39, 0.29) is 0 Å². The Bertz CT molecular complexity index is 66.7. The summed E-state index contributed by atoms with van der Waals surface area (Å²) in [5.74, 6) is 0. The Hall–Kier alpha value is -0.410. The fraction of sp³-hybridized carbons (Fsp3) is 0.833. The van der Waals surface area contributed by atoms with Gasteiger partial charge in [0, 0.05) is 13.2 Å². The number of hydrogen-bond donors (Lipinski definition) is 0. The molecular weight excluding hydrogens is 120 g/mol. The van der Waals surface area contributed by atoms with E-state index in [4.69, 9.17) is 9.47 Å². The quantitative estimate of drug-likeness (QED) is 0.405. The highest BCUT2D eigenvalue weighted by molar-refractivity contribution is 5.53. The number of hydrogen-bond acceptors (Lipinski definition) is 3. The lowest BCUT2D eigenvalue weighted by Crippen LogP contribution is -2.18. The van der Waals surface area contributed by atoms with Gasteiger partial charge < -0.3 is 9.47 Å². The second kappa shape index (κ2) is 5.72. The van der Waals surface area contributed by atoms with Crippen LogP contribution in [0.2, 0.25) is 0 Å². The maximum atomic E-state index is 10.0. The first-order chi connectivity index (χ1) is 4.35. The van der Waals surface area contributed by atoms with Gasteiger partial charge in [-0.25, -0.2) is 0 Å². The van der Waals surface area contributed by atoms with Crippen LogP contribution in [0.1, 0.15) is 13.8 Å². The van der Waals surface area contributed by atoms with Crippen molar-refractivity contribution >= 4 is 6.29 Å². The van der Waals surface area contributed by atoms with Crippen LogP contribution in [-0.2, 0) is 14.3 Å². The van der Waals surface area contributed by atoms with Crippen molar-refractivity contribution in [2.24, 2.45) is 0 Å². The molecule has 3 nitrogen and oxygen atoms in total. The smallest absolute Gasteiger partial charge is 0.214 e. The number of carbonyl (C=O) groups excluding carboxylic acids is 1. The Morgan fingerprint density at radius 2 is 1.78 bits per heavy atom. The number of aldehydes is 1. The third kappa shape index (κ3) is 4.12. The summed E-state index contributed by atoms with van der Waals surface area (Å²) in [7, 11) is 0. The first kappa shape index (κ1) is 8.59. The van der Waals surface area contributed by atoms with Gasteiger partial charge in [-0.15, -0.1) is 0 Å². The highest BCUT2D eigenvalue weighted by atomic mass is 16.7. The van der Waals surface area contributed by atoms with E-state index in [2.05, 4.69) is 0 Å². The van der Waals surface area contributed by atoms with E-state index in [9.17, 15) is 4.79 Å². The van der Waals surface area contributed by atoms with Gasteiger partial charge >= 0.3 is 0 Å². The highest BCUT2D eigenvalue weighted by Crippen LogP contribution is 1.88. The molecule has 0 amide bonds. The topological polar surface area (TPSA) is 35.5 Å². The Morgan fingerprint density at radius 1 is 1.33 bits per heavy atom. The van der Waals surface area contributed by atoms with Crippen molar-refractivity contribution in [2.45, 2.75) is 20.1 Å². The summed E-state index contributed by atoms with van der Waals surface area (Å²) >= 11 is 0. The number of ether oxygens (including phenoxy) is 2.